The van der Waals surface area contributed by atoms with Crippen molar-refractivity contribution in [3.8, 4) is 5.69 Å². The molecule has 0 saturated carbocycles. The zero-order chi connectivity index (χ0) is 23.1. The van der Waals surface area contributed by atoms with Gasteiger partial charge in [-0.05, 0) is 63.3 Å². The maximum absolute atomic E-state index is 13.6. The molecule has 1 aliphatic rings. The Morgan fingerprint density at radius 2 is 1.82 bits per heavy atom. The minimum absolute atomic E-state index is 0.122. The van der Waals surface area contributed by atoms with E-state index >= 15 is 0 Å². The minimum atomic E-state index is -0.127. The van der Waals surface area contributed by atoms with Crippen LogP contribution in [0.15, 0.2) is 52.4 Å². The van der Waals surface area contributed by atoms with Gasteiger partial charge in [0, 0.05) is 12.6 Å². The summed E-state index contributed by atoms with van der Waals surface area (Å²) in [6.45, 7) is 6.91. The summed E-state index contributed by atoms with van der Waals surface area (Å²) in [7, 11) is 0. The Morgan fingerprint density at radius 3 is 2.58 bits per heavy atom. The molecule has 8 heteroatoms. The van der Waals surface area contributed by atoms with Crippen LogP contribution in [0.25, 0.3) is 22.4 Å². The van der Waals surface area contributed by atoms with Gasteiger partial charge in [0.25, 0.3) is 5.56 Å². The molecule has 1 aliphatic heterocycles. The third-order valence-corrected chi connectivity index (χ3v) is 7.42. The van der Waals surface area contributed by atoms with E-state index < -0.39 is 0 Å². The molecule has 1 unspecified atom stereocenters. The fourth-order valence-corrected chi connectivity index (χ4v) is 5.64. The van der Waals surface area contributed by atoms with Crippen LogP contribution in [0.4, 0.5) is 0 Å². The summed E-state index contributed by atoms with van der Waals surface area (Å²) in [5.74, 6) is 0.871. The molecule has 170 valence electrons. The second-order valence-corrected chi connectivity index (χ2v) is 9.68. The molecule has 5 rings (SSSR count). The number of piperidine rings is 1. The predicted molar refractivity (Wildman–Crippen MR) is 131 cm³/mol. The molecule has 3 heterocycles. The molecule has 2 aromatic carbocycles. The van der Waals surface area contributed by atoms with Crippen LogP contribution in [0.2, 0.25) is 0 Å². The van der Waals surface area contributed by atoms with Gasteiger partial charge in [0.1, 0.15) is 0 Å². The lowest BCUT2D eigenvalue weighted by Crippen LogP contribution is -2.42. The molecule has 1 fully saturated rings. The third kappa shape index (κ3) is 3.72. The SMILES string of the molecule is Cc1cccc(C)c1-n1c(=O)c2ccccc2n2c(SCC(=O)N3CCCCC3C)nnc12. The van der Waals surface area contributed by atoms with Crippen LogP contribution in [0, 0.1) is 13.8 Å². The molecule has 0 spiro atoms. The second kappa shape index (κ2) is 8.67. The fraction of sp³-hybridized carbons (Fsp3) is 0.360. The van der Waals surface area contributed by atoms with E-state index in [2.05, 4.69) is 17.1 Å². The lowest BCUT2D eigenvalue weighted by molar-refractivity contribution is -0.131. The maximum atomic E-state index is 13.6. The summed E-state index contributed by atoms with van der Waals surface area (Å²) < 4.78 is 3.55. The Morgan fingerprint density at radius 1 is 1.06 bits per heavy atom. The minimum Gasteiger partial charge on any atom is -0.339 e. The molecule has 0 bridgehead atoms. The van der Waals surface area contributed by atoms with E-state index in [0.717, 1.165) is 41.7 Å². The van der Waals surface area contributed by atoms with Crippen molar-refractivity contribution in [2.75, 3.05) is 12.3 Å². The number of fused-ring (bicyclic) bond motifs is 3. The smallest absolute Gasteiger partial charge is 0.267 e. The normalized spacial score (nSPS) is 16.6. The number of carbonyl (C=O) groups is 1. The quantitative estimate of drug-likeness (QED) is 0.427. The third-order valence-electron chi connectivity index (χ3n) is 6.51. The van der Waals surface area contributed by atoms with E-state index in [1.807, 2.05) is 65.6 Å². The topological polar surface area (TPSA) is 72.5 Å². The summed E-state index contributed by atoms with van der Waals surface area (Å²) in [5.41, 5.74) is 3.41. The molecule has 1 amide bonds. The summed E-state index contributed by atoms with van der Waals surface area (Å²) >= 11 is 1.38. The van der Waals surface area contributed by atoms with Crippen molar-refractivity contribution >= 4 is 34.3 Å². The molecular weight excluding hydrogens is 434 g/mol. The summed E-state index contributed by atoms with van der Waals surface area (Å²) in [4.78, 5) is 28.5. The first kappa shape index (κ1) is 21.7. The number of para-hydroxylation sites is 2. The van der Waals surface area contributed by atoms with Crippen LogP contribution in [0.5, 0.6) is 0 Å². The van der Waals surface area contributed by atoms with Crippen molar-refractivity contribution in [2.24, 2.45) is 0 Å². The Hall–Kier alpha value is -3.13. The van der Waals surface area contributed by atoms with Gasteiger partial charge < -0.3 is 4.90 Å². The number of hydrogen-bond donors (Lipinski definition) is 0. The summed E-state index contributed by atoms with van der Waals surface area (Å²) in [6, 6.07) is 13.7. The van der Waals surface area contributed by atoms with Gasteiger partial charge in [-0.15, -0.1) is 10.2 Å². The first-order valence-corrected chi connectivity index (χ1v) is 12.3. The van der Waals surface area contributed by atoms with Crippen molar-refractivity contribution < 1.29 is 4.79 Å². The van der Waals surface area contributed by atoms with Gasteiger partial charge in [0.2, 0.25) is 11.7 Å². The van der Waals surface area contributed by atoms with Gasteiger partial charge in [0.05, 0.1) is 22.3 Å². The molecule has 4 aromatic rings. The van der Waals surface area contributed by atoms with E-state index in [-0.39, 0.29) is 17.5 Å². The molecule has 33 heavy (non-hydrogen) atoms. The van der Waals surface area contributed by atoms with Crippen LogP contribution >= 0.6 is 11.8 Å². The van der Waals surface area contributed by atoms with E-state index in [1.165, 1.54) is 18.2 Å². The first-order valence-electron chi connectivity index (χ1n) is 11.3. The van der Waals surface area contributed by atoms with Crippen LogP contribution in [-0.2, 0) is 4.79 Å². The first-order chi connectivity index (χ1) is 16.0. The molecule has 1 saturated heterocycles. The number of benzene rings is 2. The molecule has 0 aliphatic carbocycles. The maximum Gasteiger partial charge on any atom is 0.267 e. The summed E-state index contributed by atoms with van der Waals surface area (Å²) in [5, 5.41) is 10.0. The van der Waals surface area contributed by atoms with Gasteiger partial charge in [-0.2, -0.15) is 0 Å². The van der Waals surface area contributed by atoms with Gasteiger partial charge >= 0.3 is 0 Å². The number of aromatic nitrogens is 4. The lowest BCUT2D eigenvalue weighted by Gasteiger charge is -2.33. The fourth-order valence-electron chi connectivity index (χ4n) is 4.81. The monoisotopic (exact) mass is 461 g/mol. The van der Waals surface area contributed by atoms with Gasteiger partial charge in [0.15, 0.2) is 5.16 Å². The largest absolute Gasteiger partial charge is 0.339 e. The number of amides is 1. The van der Waals surface area contributed by atoms with E-state index in [0.29, 0.717) is 22.1 Å². The average molecular weight is 462 g/mol. The average Bonchev–Trinajstić information content (AvgIpc) is 3.23. The molecule has 2 aromatic heterocycles. The van der Waals surface area contributed by atoms with Crippen molar-refractivity contribution in [1.29, 1.82) is 0 Å². The molecule has 1 atom stereocenters. The highest BCUT2D eigenvalue weighted by Crippen LogP contribution is 2.26. The second-order valence-electron chi connectivity index (χ2n) is 8.74. The van der Waals surface area contributed by atoms with Crippen molar-refractivity contribution in [2.45, 2.75) is 51.2 Å². The van der Waals surface area contributed by atoms with E-state index in [4.69, 9.17) is 0 Å². The van der Waals surface area contributed by atoms with Crippen LogP contribution in [0.1, 0.15) is 37.3 Å². The Labute approximate surface area is 196 Å². The van der Waals surface area contributed by atoms with Crippen LogP contribution in [-0.4, -0.2) is 48.3 Å². The van der Waals surface area contributed by atoms with Gasteiger partial charge in [-0.1, -0.05) is 42.1 Å². The Kier molecular flexibility index (Phi) is 5.70. The molecular formula is C25H27N5O2S. The number of likely N-dealkylation sites (tertiary alicyclic amines) is 1. The summed E-state index contributed by atoms with van der Waals surface area (Å²) in [6.07, 6.45) is 3.28. The highest BCUT2D eigenvalue weighted by molar-refractivity contribution is 7.99. The molecule has 0 N–H and O–H groups in total. The molecule has 7 nitrogen and oxygen atoms in total. The zero-order valence-corrected chi connectivity index (χ0v) is 19.9. The zero-order valence-electron chi connectivity index (χ0n) is 19.1. The van der Waals surface area contributed by atoms with E-state index in [9.17, 15) is 9.59 Å². The number of hydrogen-bond acceptors (Lipinski definition) is 5. The number of rotatable bonds is 4. The highest BCUT2D eigenvalue weighted by atomic mass is 32.2. The van der Waals surface area contributed by atoms with Crippen molar-refractivity contribution in [3.63, 3.8) is 0 Å². The number of carbonyl (C=O) groups excluding carboxylic acids is 1. The van der Waals surface area contributed by atoms with Gasteiger partial charge in [-0.3, -0.25) is 14.0 Å². The highest BCUT2D eigenvalue weighted by Gasteiger charge is 2.25. The number of nitrogens with zero attached hydrogens (tertiary/aromatic N) is 5. The van der Waals surface area contributed by atoms with Crippen LogP contribution in [0.3, 0.4) is 0 Å². The predicted octanol–water partition coefficient (Wildman–Crippen LogP) is 4.14. The van der Waals surface area contributed by atoms with Crippen LogP contribution < -0.4 is 5.56 Å². The van der Waals surface area contributed by atoms with Crippen molar-refractivity contribution in [3.05, 3.63) is 63.9 Å². The van der Waals surface area contributed by atoms with Crippen molar-refractivity contribution in [1.82, 2.24) is 24.1 Å². The lowest BCUT2D eigenvalue weighted by atomic mass is 10.0. The number of aryl methyl sites for hydroxylation is 2. The Bertz CT molecular complexity index is 1400. The Balaban J connectivity index is 1.63. The van der Waals surface area contributed by atoms with Gasteiger partial charge in [-0.25, -0.2) is 4.57 Å². The van der Waals surface area contributed by atoms with E-state index in [1.54, 1.807) is 4.57 Å². The number of thioether (sulfide) groups is 1. The molecule has 0 radical (unpaired) electrons. The standard InChI is InChI=1S/C25H27N5O2S/c1-16-9-8-10-17(2)22(16)30-23(32)19-12-4-5-13-20(19)29-24(30)26-27-25(29)33-15-21(31)28-14-7-6-11-18(28)3/h4-5,8-10,12-13,18H,6-7,11,14-15H2,1-3H3.